The first kappa shape index (κ1) is 13.3. The summed E-state index contributed by atoms with van der Waals surface area (Å²) < 4.78 is 0. The number of aldehydes is 1. The minimum atomic E-state index is 0.526. The molecule has 0 amide bonds. The molecule has 0 bridgehead atoms. The van der Waals surface area contributed by atoms with Crippen molar-refractivity contribution in [3.05, 3.63) is 11.8 Å². The van der Waals surface area contributed by atoms with Crippen molar-refractivity contribution < 1.29 is 4.79 Å². The third kappa shape index (κ3) is 2.66. The van der Waals surface area contributed by atoms with Gasteiger partial charge < -0.3 is 4.90 Å². The van der Waals surface area contributed by atoms with E-state index in [1.165, 1.54) is 37.4 Å². The van der Waals surface area contributed by atoms with E-state index >= 15 is 0 Å². The molecule has 0 radical (unpaired) electrons. The van der Waals surface area contributed by atoms with Crippen molar-refractivity contribution in [3.63, 3.8) is 0 Å². The van der Waals surface area contributed by atoms with Gasteiger partial charge in [-0.3, -0.25) is 4.79 Å². The predicted octanol–water partition coefficient (Wildman–Crippen LogP) is 2.78. The molecule has 98 valence electrons. The Labute approximate surface area is 112 Å². The second kappa shape index (κ2) is 6.18. The maximum absolute atomic E-state index is 11.1. The SMILES string of the molecule is CCN(c1nc(SC)ncc1C=O)C1CCCC1. The van der Waals surface area contributed by atoms with Crippen LogP contribution in [0, 0.1) is 0 Å². The van der Waals surface area contributed by atoms with Crippen molar-refractivity contribution in [1.29, 1.82) is 0 Å². The van der Waals surface area contributed by atoms with Gasteiger partial charge >= 0.3 is 0 Å². The molecule has 1 saturated carbocycles. The van der Waals surface area contributed by atoms with Gasteiger partial charge in [-0.25, -0.2) is 9.97 Å². The molecule has 0 spiro atoms. The average Bonchev–Trinajstić information content (AvgIpc) is 2.93. The first-order valence-corrected chi connectivity index (χ1v) is 7.65. The Morgan fingerprint density at radius 1 is 1.50 bits per heavy atom. The van der Waals surface area contributed by atoms with Gasteiger partial charge in [-0.15, -0.1) is 0 Å². The molecule has 1 aliphatic rings. The number of hydrogen-bond donors (Lipinski definition) is 0. The van der Waals surface area contributed by atoms with Crippen LogP contribution in [0.5, 0.6) is 0 Å². The molecule has 0 saturated heterocycles. The summed E-state index contributed by atoms with van der Waals surface area (Å²) in [4.78, 5) is 22.1. The lowest BCUT2D eigenvalue weighted by Gasteiger charge is -2.29. The van der Waals surface area contributed by atoms with Crippen LogP contribution in [0.2, 0.25) is 0 Å². The van der Waals surface area contributed by atoms with E-state index in [4.69, 9.17) is 0 Å². The second-order valence-corrected chi connectivity index (χ2v) is 5.25. The van der Waals surface area contributed by atoms with Crippen LogP contribution >= 0.6 is 11.8 Å². The number of thioether (sulfide) groups is 1. The van der Waals surface area contributed by atoms with Gasteiger partial charge in [0.2, 0.25) is 0 Å². The van der Waals surface area contributed by atoms with Crippen LogP contribution in [0.15, 0.2) is 11.4 Å². The molecule has 5 heteroatoms. The van der Waals surface area contributed by atoms with Gasteiger partial charge in [0.1, 0.15) is 5.82 Å². The minimum absolute atomic E-state index is 0.526. The quantitative estimate of drug-likeness (QED) is 0.465. The van der Waals surface area contributed by atoms with Crippen LogP contribution in [0.3, 0.4) is 0 Å². The summed E-state index contributed by atoms with van der Waals surface area (Å²) in [7, 11) is 0. The molecular weight excluding hydrogens is 246 g/mol. The molecule has 0 aliphatic heterocycles. The standard InChI is InChI=1S/C13H19N3OS/c1-3-16(11-6-4-5-7-11)12-10(9-17)8-14-13(15-12)18-2/h8-9,11H,3-7H2,1-2H3. The predicted molar refractivity (Wildman–Crippen MR) is 74.5 cm³/mol. The fraction of sp³-hybridized carbons (Fsp3) is 0.615. The van der Waals surface area contributed by atoms with Crippen LogP contribution in [0.4, 0.5) is 5.82 Å². The number of carbonyl (C=O) groups is 1. The van der Waals surface area contributed by atoms with E-state index in [2.05, 4.69) is 21.8 Å². The Hall–Kier alpha value is -1.10. The molecule has 2 rings (SSSR count). The molecular formula is C13H19N3OS. The van der Waals surface area contributed by atoms with Crippen molar-refractivity contribution in [2.45, 2.75) is 43.8 Å². The molecule has 0 N–H and O–H groups in total. The van der Waals surface area contributed by atoms with Gasteiger partial charge in [0.25, 0.3) is 0 Å². The first-order chi connectivity index (χ1) is 8.80. The molecule has 18 heavy (non-hydrogen) atoms. The highest BCUT2D eigenvalue weighted by atomic mass is 32.2. The largest absolute Gasteiger partial charge is 0.353 e. The zero-order valence-electron chi connectivity index (χ0n) is 10.9. The van der Waals surface area contributed by atoms with Crippen molar-refractivity contribution in [2.24, 2.45) is 0 Å². The number of rotatable bonds is 5. The van der Waals surface area contributed by atoms with Crippen LogP contribution in [-0.2, 0) is 0 Å². The summed E-state index contributed by atoms with van der Waals surface area (Å²) in [5.41, 5.74) is 0.599. The molecule has 0 unspecified atom stereocenters. The van der Waals surface area contributed by atoms with E-state index in [0.29, 0.717) is 11.6 Å². The molecule has 4 nitrogen and oxygen atoms in total. The Morgan fingerprint density at radius 2 is 2.22 bits per heavy atom. The maximum atomic E-state index is 11.1. The Morgan fingerprint density at radius 3 is 2.78 bits per heavy atom. The monoisotopic (exact) mass is 265 g/mol. The summed E-state index contributed by atoms with van der Waals surface area (Å²) in [5.74, 6) is 0.804. The smallest absolute Gasteiger partial charge is 0.189 e. The molecule has 1 aromatic heterocycles. The molecule has 0 aromatic carbocycles. The molecule has 1 heterocycles. The van der Waals surface area contributed by atoms with Gasteiger partial charge in [-0.05, 0) is 26.0 Å². The Balaban J connectivity index is 2.35. The van der Waals surface area contributed by atoms with Crippen LogP contribution < -0.4 is 4.90 Å². The topological polar surface area (TPSA) is 46.1 Å². The maximum Gasteiger partial charge on any atom is 0.189 e. The minimum Gasteiger partial charge on any atom is -0.353 e. The number of aromatic nitrogens is 2. The third-order valence-electron chi connectivity index (χ3n) is 3.46. The van der Waals surface area contributed by atoms with Gasteiger partial charge in [0.15, 0.2) is 11.4 Å². The highest BCUT2D eigenvalue weighted by molar-refractivity contribution is 7.98. The number of hydrogen-bond acceptors (Lipinski definition) is 5. The van der Waals surface area contributed by atoms with E-state index in [9.17, 15) is 4.79 Å². The number of carbonyl (C=O) groups excluding carboxylic acids is 1. The third-order valence-corrected chi connectivity index (χ3v) is 4.02. The lowest BCUT2D eigenvalue weighted by Crippen LogP contribution is -2.34. The summed E-state index contributed by atoms with van der Waals surface area (Å²) in [6, 6.07) is 0.526. The van der Waals surface area contributed by atoms with Crippen LogP contribution in [-0.4, -0.2) is 35.1 Å². The lowest BCUT2D eigenvalue weighted by molar-refractivity contribution is 0.112. The van der Waals surface area contributed by atoms with E-state index in [1.54, 1.807) is 6.20 Å². The zero-order valence-corrected chi connectivity index (χ0v) is 11.7. The second-order valence-electron chi connectivity index (χ2n) is 4.48. The van der Waals surface area contributed by atoms with E-state index in [1.807, 2.05) is 6.26 Å². The van der Waals surface area contributed by atoms with Crippen molar-refractivity contribution in [2.75, 3.05) is 17.7 Å². The van der Waals surface area contributed by atoms with Gasteiger partial charge in [0.05, 0.1) is 5.56 Å². The van der Waals surface area contributed by atoms with E-state index in [0.717, 1.165) is 23.8 Å². The van der Waals surface area contributed by atoms with Crippen LogP contribution in [0.1, 0.15) is 43.0 Å². The van der Waals surface area contributed by atoms with Gasteiger partial charge in [-0.2, -0.15) is 0 Å². The van der Waals surface area contributed by atoms with E-state index < -0.39 is 0 Å². The lowest BCUT2D eigenvalue weighted by atomic mass is 10.2. The summed E-state index contributed by atoms with van der Waals surface area (Å²) in [6.07, 6.45) is 9.40. The van der Waals surface area contributed by atoms with Crippen molar-refractivity contribution >= 4 is 23.9 Å². The average molecular weight is 265 g/mol. The van der Waals surface area contributed by atoms with Gasteiger partial charge in [0, 0.05) is 18.8 Å². The number of anilines is 1. The fourth-order valence-electron chi connectivity index (χ4n) is 2.57. The summed E-state index contributed by atoms with van der Waals surface area (Å²) >= 11 is 1.51. The highest BCUT2D eigenvalue weighted by Gasteiger charge is 2.24. The molecule has 1 aromatic rings. The molecule has 1 aliphatic carbocycles. The van der Waals surface area contributed by atoms with Gasteiger partial charge in [-0.1, -0.05) is 24.6 Å². The highest BCUT2D eigenvalue weighted by Crippen LogP contribution is 2.29. The van der Waals surface area contributed by atoms with Crippen molar-refractivity contribution in [3.8, 4) is 0 Å². The Bertz CT molecular complexity index is 419. The summed E-state index contributed by atoms with van der Waals surface area (Å²) in [6.45, 7) is 3.00. The van der Waals surface area contributed by atoms with Crippen molar-refractivity contribution in [1.82, 2.24) is 9.97 Å². The zero-order chi connectivity index (χ0) is 13.0. The molecule has 1 fully saturated rings. The normalized spacial score (nSPS) is 15.9. The van der Waals surface area contributed by atoms with E-state index in [-0.39, 0.29) is 0 Å². The Kier molecular flexibility index (Phi) is 4.58. The fourth-order valence-corrected chi connectivity index (χ4v) is 2.91. The van der Waals surface area contributed by atoms with Crippen LogP contribution in [0.25, 0.3) is 0 Å². The molecule has 0 atom stereocenters. The first-order valence-electron chi connectivity index (χ1n) is 6.43. The number of nitrogens with zero attached hydrogens (tertiary/aromatic N) is 3. The summed E-state index contributed by atoms with van der Waals surface area (Å²) in [5, 5.41) is 0.729.